The van der Waals surface area contributed by atoms with E-state index in [0.29, 0.717) is 6.54 Å². The van der Waals surface area contributed by atoms with Crippen molar-refractivity contribution < 1.29 is 4.39 Å². The van der Waals surface area contributed by atoms with Gasteiger partial charge in [-0.15, -0.1) is 0 Å². The molecule has 1 aliphatic rings. The number of fused-ring (bicyclic) bond motifs is 1. The van der Waals surface area contributed by atoms with E-state index >= 15 is 0 Å². The maximum Gasteiger partial charge on any atom is 0.146 e. The molecular formula is C18H20FN3. The molecule has 0 saturated carbocycles. The molecule has 0 aliphatic carbocycles. The first-order valence-electron chi connectivity index (χ1n) is 7.44. The van der Waals surface area contributed by atoms with Crippen LogP contribution in [0.5, 0.6) is 0 Å². The van der Waals surface area contributed by atoms with Crippen LogP contribution in [0.2, 0.25) is 0 Å². The van der Waals surface area contributed by atoms with Gasteiger partial charge >= 0.3 is 0 Å². The fourth-order valence-corrected chi connectivity index (χ4v) is 2.88. The molecule has 0 bridgehead atoms. The van der Waals surface area contributed by atoms with Crippen molar-refractivity contribution in [1.29, 1.82) is 0 Å². The molecule has 0 fully saturated rings. The third-order valence-electron chi connectivity index (χ3n) is 3.91. The second kappa shape index (κ2) is 5.20. The van der Waals surface area contributed by atoms with Crippen molar-refractivity contribution in [3.8, 4) is 0 Å². The van der Waals surface area contributed by atoms with Crippen LogP contribution in [0.25, 0.3) is 0 Å². The highest BCUT2D eigenvalue weighted by atomic mass is 19.1. The van der Waals surface area contributed by atoms with Gasteiger partial charge in [0.2, 0.25) is 0 Å². The Morgan fingerprint density at radius 3 is 2.45 bits per heavy atom. The summed E-state index contributed by atoms with van der Waals surface area (Å²) in [4.78, 5) is 9.26. The second-order valence-electron chi connectivity index (χ2n) is 6.26. The Bertz CT molecular complexity index is 830. The number of hydrogen-bond acceptors (Lipinski definition) is 3. The largest absolute Gasteiger partial charge is 0.379 e. The third-order valence-corrected chi connectivity index (χ3v) is 3.91. The summed E-state index contributed by atoms with van der Waals surface area (Å²) in [6.07, 6.45) is 0. The van der Waals surface area contributed by atoms with Gasteiger partial charge in [0.1, 0.15) is 16.8 Å². The van der Waals surface area contributed by atoms with Crippen molar-refractivity contribution >= 4 is 5.69 Å². The van der Waals surface area contributed by atoms with E-state index in [4.69, 9.17) is 0 Å². The Labute approximate surface area is 129 Å². The fraction of sp³-hybridized carbons (Fsp3) is 0.333. The van der Waals surface area contributed by atoms with Gasteiger partial charge in [-0.25, -0.2) is 4.39 Å². The predicted octanol–water partition coefficient (Wildman–Crippen LogP) is 3.04. The van der Waals surface area contributed by atoms with Crippen molar-refractivity contribution in [1.82, 2.24) is 0 Å². The minimum Gasteiger partial charge on any atom is -0.379 e. The van der Waals surface area contributed by atoms with E-state index in [1.54, 1.807) is 12.1 Å². The van der Waals surface area contributed by atoms with Crippen molar-refractivity contribution in [3.05, 3.63) is 63.6 Å². The standard InChI is InChI=1S/C18H20FN3/c1-11-8-13(19)9-12(2)14(11)10-20-15-6-5-7-16-17(15)22-18(3,4)21-16/h5-9,20H,10H2,1-4H3. The summed E-state index contributed by atoms with van der Waals surface area (Å²) in [5.74, 6) is -0.185. The molecule has 3 rings (SSSR count). The van der Waals surface area contributed by atoms with E-state index < -0.39 is 5.66 Å². The van der Waals surface area contributed by atoms with Crippen LogP contribution in [0, 0.1) is 19.7 Å². The lowest BCUT2D eigenvalue weighted by Crippen LogP contribution is -2.25. The topological polar surface area (TPSA) is 36.8 Å². The number of anilines is 1. The number of benzene rings is 2. The Morgan fingerprint density at radius 1 is 1.09 bits per heavy atom. The number of para-hydroxylation sites is 1. The molecule has 3 nitrogen and oxygen atoms in total. The fourth-order valence-electron chi connectivity index (χ4n) is 2.88. The number of hydrogen-bond donors (Lipinski definition) is 1. The smallest absolute Gasteiger partial charge is 0.146 e. The molecule has 0 aromatic heterocycles. The quantitative estimate of drug-likeness (QED) is 0.929. The van der Waals surface area contributed by atoms with Crippen LogP contribution in [0.4, 0.5) is 10.1 Å². The van der Waals surface area contributed by atoms with E-state index in [9.17, 15) is 4.39 Å². The van der Waals surface area contributed by atoms with Crippen LogP contribution in [0.3, 0.4) is 0 Å². The Kier molecular flexibility index (Phi) is 3.47. The van der Waals surface area contributed by atoms with E-state index in [2.05, 4.69) is 15.3 Å². The Balaban J connectivity index is 1.92. The number of halogens is 1. The molecule has 1 aliphatic heterocycles. The molecule has 4 heteroatoms. The molecule has 22 heavy (non-hydrogen) atoms. The van der Waals surface area contributed by atoms with Crippen LogP contribution < -0.4 is 16.0 Å². The molecule has 1 N–H and O–H groups in total. The first-order chi connectivity index (χ1) is 10.4. The summed E-state index contributed by atoms with van der Waals surface area (Å²) in [5.41, 5.74) is 3.60. The van der Waals surface area contributed by atoms with Crippen molar-refractivity contribution in [3.63, 3.8) is 0 Å². The van der Waals surface area contributed by atoms with Gasteiger partial charge in [-0.05, 0) is 68.7 Å². The number of nitrogens with one attached hydrogen (secondary N) is 1. The van der Waals surface area contributed by atoms with Crippen LogP contribution in [0.15, 0.2) is 40.3 Å². The summed E-state index contributed by atoms with van der Waals surface area (Å²) in [6.45, 7) is 8.50. The molecular weight excluding hydrogens is 277 g/mol. The van der Waals surface area contributed by atoms with E-state index in [-0.39, 0.29) is 5.82 Å². The first kappa shape index (κ1) is 14.7. The van der Waals surface area contributed by atoms with Gasteiger partial charge in [0.05, 0.1) is 11.0 Å². The molecule has 0 unspecified atom stereocenters. The zero-order chi connectivity index (χ0) is 15.9. The van der Waals surface area contributed by atoms with Gasteiger partial charge in [0.25, 0.3) is 0 Å². The maximum atomic E-state index is 13.4. The van der Waals surface area contributed by atoms with Gasteiger partial charge < -0.3 is 5.32 Å². The molecule has 0 atom stereocenters. The van der Waals surface area contributed by atoms with Crippen molar-refractivity contribution in [2.75, 3.05) is 5.32 Å². The van der Waals surface area contributed by atoms with Gasteiger partial charge in [0.15, 0.2) is 0 Å². The van der Waals surface area contributed by atoms with Crippen LogP contribution >= 0.6 is 0 Å². The zero-order valence-electron chi connectivity index (χ0n) is 13.4. The molecule has 0 spiro atoms. The Hall–Kier alpha value is -2.23. The van der Waals surface area contributed by atoms with Gasteiger partial charge in [-0.2, -0.15) is 0 Å². The monoisotopic (exact) mass is 297 g/mol. The van der Waals surface area contributed by atoms with Crippen molar-refractivity contribution in [2.45, 2.75) is 39.9 Å². The maximum absolute atomic E-state index is 13.4. The number of aryl methyl sites for hydroxylation is 2. The number of rotatable bonds is 3. The number of nitrogens with zero attached hydrogens (tertiary/aromatic N) is 2. The van der Waals surface area contributed by atoms with E-state index in [0.717, 1.165) is 33.1 Å². The molecule has 1 heterocycles. The SMILES string of the molecule is Cc1cc(F)cc(C)c1CNc1cccc2c1=NC(C)(C)N=2. The lowest BCUT2D eigenvalue weighted by atomic mass is 10.0. The summed E-state index contributed by atoms with van der Waals surface area (Å²) >= 11 is 0. The predicted molar refractivity (Wildman–Crippen MR) is 86.0 cm³/mol. The Morgan fingerprint density at radius 2 is 1.77 bits per heavy atom. The molecule has 0 radical (unpaired) electrons. The summed E-state index contributed by atoms with van der Waals surface area (Å²) in [6, 6.07) is 9.11. The highest BCUT2D eigenvalue weighted by Gasteiger charge is 2.19. The van der Waals surface area contributed by atoms with Gasteiger partial charge in [0, 0.05) is 6.54 Å². The van der Waals surface area contributed by atoms with Crippen molar-refractivity contribution in [2.24, 2.45) is 9.98 Å². The van der Waals surface area contributed by atoms with Crippen LogP contribution in [0.1, 0.15) is 30.5 Å². The second-order valence-corrected chi connectivity index (χ2v) is 6.26. The van der Waals surface area contributed by atoms with Gasteiger partial charge in [-0.3, -0.25) is 9.98 Å². The summed E-state index contributed by atoms with van der Waals surface area (Å²) < 4.78 is 13.4. The molecule has 0 amide bonds. The lowest BCUT2D eigenvalue weighted by Gasteiger charge is -2.12. The normalized spacial score (nSPS) is 15.0. The molecule has 2 aromatic carbocycles. The average molecular weight is 297 g/mol. The molecule has 2 aromatic rings. The first-order valence-corrected chi connectivity index (χ1v) is 7.44. The van der Waals surface area contributed by atoms with Crippen LogP contribution in [-0.4, -0.2) is 5.66 Å². The zero-order valence-corrected chi connectivity index (χ0v) is 13.4. The molecule has 114 valence electrons. The van der Waals surface area contributed by atoms with E-state index in [1.165, 1.54) is 0 Å². The lowest BCUT2D eigenvalue weighted by molar-refractivity contribution is 0.549. The minimum absolute atomic E-state index is 0.185. The minimum atomic E-state index is -0.401. The average Bonchev–Trinajstić information content (AvgIpc) is 2.72. The molecule has 0 saturated heterocycles. The summed E-state index contributed by atoms with van der Waals surface area (Å²) in [5, 5.41) is 5.25. The van der Waals surface area contributed by atoms with Gasteiger partial charge in [-0.1, -0.05) is 6.07 Å². The van der Waals surface area contributed by atoms with E-state index in [1.807, 2.05) is 45.9 Å². The summed E-state index contributed by atoms with van der Waals surface area (Å²) in [7, 11) is 0. The highest BCUT2D eigenvalue weighted by molar-refractivity contribution is 5.45. The van der Waals surface area contributed by atoms with Crippen LogP contribution in [-0.2, 0) is 6.54 Å². The highest BCUT2D eigenvalue weighted by Crippen LogP contribution is 2.18. The third kappa shape index (κ3) is 2.73.